The summed E-state index contributed by atoms with van der Waals surface area (Å²) >= 11 is 4.80. The van der Waals surface area contributed by atoms with Crippen molar-refractivity contribution in [1.82, 2.24) is 4.98 Å². The predicted octanol–water partition coefficient (Wildman–Crippen LogP) is 3.89. The summed E-state index contributed by atoms with van der Waals surface area (Å²) in [6.45, 7) is 0. The molecule has 0 radical (unpaired) electrons. The number of carboxylic acids is 1. The number of carboxylic acid groups (broad SMARTS) is 1. The molecule has 2 aromatic rings. The molecule has 3 rings (SSSR count). The zero-order valence-electron chi connectivity index (χ0n) is 11.7. The summed E-state index contributed by atoms with van der Waals surface area (Å²) in [6.07, 6.45) is 2.96. The van der Waals surface area contributed by atoms with Gasteiger partial charge in [-0.2, -0.15) is 0 Å². The Morgan fingerprint density at radius 2 is 2.00 bits per heavy atom. The van der Waals surface area contributed by atoms with Crippen molar-refractivity contribution in [3.05, 3.63) is 22.7 Å². The molecule has 116 valence electrons. The molecule has 0 unspecified atom stereocenters. The molecule has 1 saturated carbocycles. The minimum atomic E-state index is -0.881. The fraction of sp³-hybridized carbons (Fsp3) is 0.400. The first kappa shape index (κ1) is 15.4. The average Bonchev–Trinajstić information content (AvgIpc) is 2.88. The summed E-state index contributed by atoms with van der Waals surface area (Å²) in [4.78, 5) is 28.1. The summed E-state index contributed by atoms with van der Waals surface area (Å²) < 4.78 is 1.93. The number of nitrogens with zero attached hydrogens (tertiary/aromatic N) is 1. The normalized spacial score (nSPS) is 21.7. The van der Waals surface area contributed by atoms with Gasteiger partial charge in [-0.3, -0.25) is 9.59 Å². The van der Waals surface area contributed by atoms with Gasteiger partial charge in [0.05, 0.1) is 22.1 Å². The lowest BCUT2D eigenvalue weighted by Gasteiger charge is -2.26. The van der Waals surface area contributed by atoms with E-state index in [1.165, 1.54) is 11.3 Å². The highest BCUT2D eigenvalue weighted by molar-refractivity contribution is 9.10. The Kier molecular flexibility index (Phi) is 4.44. The molecule has 22 heavy (non-hydrogen) atoms. The van der Waals surface area contributed by atoms with Crippen LogP contribution in [0.1, 0.15) is 25.7 Å². The van der Waals surface area contributed by atoms with Crippen LogP contribution in [-0.4, -0.2) is 22.0 Å². The molecule has 1 heterocycles. The van der Waals surface area contributed by atoms with Crippen molar-refractivity contribution in [2.24, 2.45) is 11.8 Å². The minimum absolute atomic E-state index is 0.231. The van der Waals surface area contributed by atoms with Gasteiger partial charge >= 0.3 is 5.97 Å². The fourth-order valence-electron chi connectivity index (χ4n) is 2.89. The van der Waals surface area contributed by atoms with Crippen molar-refractivity contribution in [2.75, 3.05) is 5.32 Å². The molecule has 0 bridgehead atoms. The number of aliphatic carboxylic acids is 1. The number of halogens is 1. The molecule has 0 aliphatic heterocycles. The van der Waals surface area contributed by atoms with E-state index in [-0.39, 0.29) is 5.91 Å². The lowest BCUT2D eigenvalue weighted by Crippen LogP contribution is -2.36. The van der Waals surface area contributed by atoms with Gasteiger partial charge < -0.3 is 10.4 Å². The van der Waals surface area contributed by atoms with Gasteiger partial charge in [0.25, 0.3) is 0 Å². The smallest absolute Gasteiger partial charge is 0.307 e. The number of aromatic nitrogens is 1. The fourth-order valence-corrected chi connectivity index (χ4v) is 4.31. The highest BCUT2D eigenvalue weighted by atomic mass is 79.9. The molecule has 7 heteroatoms. The maximum atomic E-state index is 12.4. The number of carbonyl (C=O) groups excluding carboxylic acids is 1. The Bertz CT molecular complexity index is 731. The molecule has 0 saturated heterocycles. The first-order chi connectivity index (χ1) is 10.5. The molecule has 0 spiro atoms. The van der Waals surface area contributed by atoms with E-state index in [1.807, 2.05) is 18.2 Å². The second kappa shape index (κ2) is 6.34. The van der Waals surface area contributed by atoms with Gasteiger partial charge in [0.15, 0.2) is 5.13 Å². The SMILES string of the molecule is O=C(O)[C@H]1CCCC[C@@H]1C(=O)Nc1nc2ccc(Br)cc2s1. The second-order valence-corrected chi connectivity index (χ2v) is 7.40. The molecule has 1 aromatic carbocycles. The predicted molar refractivity (Wildman–Crippen MR) is 89.0 cm³/mol. The molecular weight excluding hydrogens is 368 g/mol. The number of fused-ring (bicyclic) bond motifs is 1. The van der Waals surface area contributed by atoms with Crippen LogP contribution in [0.5, 0.6) is 0 Å². The number of hydrogen-bond acceptors (Lipinski definition) is 4. The zero-order chi connectivity index (χ0) is 15.7. The van der Waals surface area contributed by atoms with E-state index in [1.54, 1.807) is 0 Å². The number of thiazole rings is 1. The Morgan fingerprint density at radius 1 is 1.27 bits per heavy atom. The monoisotopic (exact) mass is 382 g/mol. The first-order valence-electron chi connectivity index (χ1n) is 7.14. The summed E-state index contributed by atoms with van der Waals surface area (Å²) in [6, 6.07) is 5.73. The topological polar surface area (TPSA) is 79.3 Å². The highest BCUT2D eigenvalue weighted by Crippen LogP contribution is 2.33. The summed E-state index contributed by atoms with van der Waals surface area (Å²) in [5.41, 5.74) is 0.821. The van der Waals surface area contributed by atoms with Gasteiger partial charge in [-0.25, -0.2) is 4.98 Å². The lowest BCUT2D eigenvalue weighted by molar-refractivity contribution is -0.147. The van der Waals surface area contributed by atoms with Gasteiger partial charge in [0.1, 0.15) is 0 Å². The maximum absolute atomic E-state index is 12.4. The van der Waals surface area contributed by atoms with E-state index in [9.17, 15) is 14.7 Å². The van der Waals surface area contributed by atoms with Crippen molar-refractivity contribution < 1.29 is 14.7 Å². The second-order valence-electron chi connectivity index (χ2n) is 5.46. The van der Waals surface area contributed by atoms with Crippen LogP contribution in [0.2, 0.25) is 0 Å². The molecule has 2 atom stereocenters. The van der Waals surface area contributed by atoms with Crippen molar-refractivity contribution in [3.8, 4) is 0 Å². The number of nitrogens with one attached hydrogen (secondary N) is 1. The largest absolute Gasteiger partial charge is 0.481 e. The van der Waals surface area contributed by atoms with Crippen molar-refractivity contribution in [2.45, 2.75) is 25.7 Å². The van der Waals surface area contributed by atoms with Gasteiger partial charge in [-0.1, -0.05) is 40.1 Å². The molecule has 1 aliphatic rings. The van der Waals surface area contributed by atoms with E-state index in [0.717, 1.165) is 27.5 Å². The molecule has 1 fully saturated rings. The molecule has 1 aromatic heterocycles. The quantitative estimate of drug-likeness (QED) is 0.843. The molecule has 1 aliphatic carbocycles. The van der Waals surface area contributed by atoms with Gasteiger partial charge in [0, 0.05) is 4.47 Å². The summed E-state index contributed by atoms with van der Waals surface area (Å²) in [5.74, 6) is -2.17. The van der Waals surface area contributed by atoms with Crippen LogP contribution in [0.25, 0.3) is 10.2 Å². The van der Waals surface area contributed by atoms with Gasteiger partial charge in [-0.15, -0.1) is 0 Å². The standard InChI is InChI=1S/C15H15BrN2O3S/c16-8-5-6-11-12(7-8)22-15(17-11)18-13(19)9-3-1-2-4-10(9)14(20)21/h5-7,9-10H,1-4H2,(H,20,21)(H,17,18,19)/t9-,10-/m0/s1. The van der Waals surface area contributed by atoms with E-state index in [2.05, 4.69) is 26.2 Å². The average molecular weight is 383 g/mol. The first-order valence-corrected chi connectivity index (χ1v) is 8.75. The summed E-state index contributed by atoms with van der Waals surface area (Å²) in [7, 11) is 0. The van der Waals surface area contributed by atoms with Crippen LogP contribution in [0.4, 0.5) is 5.13 Å². The molecule has 5 nitrogen and oxygen atoms in total. The Labute approximate surface area is 139 Å². The number of amides is 1. The third-order valence-corrected chi connectivity index (χ3v) is 5.43. The van der Waals surface area contributed by atoms with Crippen LogP contribution in [0, 0.1) is 11.8 Å². The van der Waals surface area contributed by atoms with Crippen LogP contribution in [0.15, 0.2) is 22.7 Å². The van der Waals surface area contributed by atoms with Gasteiger partial charge in [-0.05, 0) is 31.0 Å². The minimum Gasteiger partial charge on any atom is -0.481 e. The van der Waals surface area contributed by atoms with Crippen LogP contribution in [0.3, 0.4) is 0 Å². The lowest BCUT2D eigenvalue weighted by atomic mass is 9.79. The number of anilines is 1. The van der Waals surface area contributed by atoms with E-state index >= 15 is 0 Å². The molecule has 1 amide bonds. The van der Waals surface area contributed by atoms with E-state index in [0.29, 0.717) is 18.0 Å². The van der Waals surface area contributed by atoms with Crippen molar-refractivity contribution >= 4 is 54.5 Å². The number of benzene rings is 1. The third kappa shape index (κ3) is 3.15. The third-order valence-electron chi connectivity index (χ3n) is 4.00. The van der Waals surface area contributed by atoms with Gasteiger partial charge in [0.2, 0.25) is 5.91 Å². The van der Waals surface area contributed by atoms with Crippen molar-refractivity contribution in [1.29, 1.82) is 0 Å². The Balaban J connectivity index is 1.78. The Morgan fingerprint density at radius 3 is 2.73 bits per heavy atom. The molecular formula is C15H15BrN2O3S. The molecule has 2 N–H and O–H groups in total. The number of hydrogen-bond donors (Lipinski definition) is 2. The van der Waals surface area contributed by atoms with E-state index in [4.69, 9.17) is 0 Å². The zero-order valence-corrected chi connectivity index (χ0v) is 14.1. The van der Waals surface area contributed by atoms with E-state index < -0.39 is 17.8 Å². The van der Waals surface area contributed by atoms with Crippen LogP contribution < -0.4 is 5.32 Å². The van der Waals surface area contributed by atoms with Crippen LogP contribution in [-0.2, 0) is 9.59 Å². The Hall–Kier alpha value is -1.47. The maximum Gasteiger partial charge on any atom is 0.307 e. The number of carbonyl (C=O) groups is 2. The summed E-state index contributed by atoms with van der Waals surface area (Å²) in [5, 5.41) is 12.6. The van der Waals surface area contributed by atoms with Crippen molar-refractivity contribution in [3.63, 3.8) is 0 Å². The highest BCUT2D eigenvalue weighted by Gasteiger charge is 2.35. The van der Waals surface area contributed by atoms with Crippen LogP contribution >= 0.6 is 27.3 Å². The number of rotatable bonds is 3.